The summed E-state index contributed by atoms with van der Waals surface area (Å²) in [7, 11) is -1.35. The first-order valence-electron chi connectivity index (χ1n) is 5.75. The van der Waals surface area contributed by atoms with Crippen molar-refractivity contribution in [1.29, 1.82) is 0 Å². The Kier molecular flexibility index (Phi) is 5.03. The minimum atomic E-state index is -1.35. The van der Waals surface area contributed by atoms with Crippen LogP contribution in [0.4, 0.5) is 0 Å². The molecule has 88 valence electrons. The lowest BCUT2D eigenvalue weighted by molar-refractivity contribution is 0.305. The zero-order valence-electron chi connectivity index (χ0n) is 10.7. The SMILES string of the molecule is C[Si](C)(C)C#Cc1ccccc1C#CCCO. The van der Waals surface area contributed by atoms with Gasteiger partial charge in [-0.1, -0.05) is 49.5 Å². The van der Waals surface area contributed by atoms with Crippen LogP contribution in [0.5, 0.6) is 0 Å². The first-order chi connectivity index (χ1) is 8.03. The average molecular weight is 242 g/mol. The van der Waals surface area contributed by atoms with E-state index in [4.69, 9.17) is 5.11 Å². The highest BCUT2D eigenvalue weighted by Gasteiger charge is 2.07. The summed E-state index contributed by atoms with van der Waals surface area (Å²) < 4.78 is 0. The Balaban J connectivity index is 3.00. The standard InChI is InChI=1S/C15H18OSi/c1-17(2,3)13-11-15-9-5-4-8-14(15)10-6-7-12-16/h4-5,8-9,16H,7,12H2,1-3H3. The third-order valence-electron chi connectivity index (χ3n) is 1.96. The van der Waals surface area contributed by atoms with Crippen LogP contribution in [0.3, 0.4) is 0 Å². The molecule has 1 nitrogen and oxygen atoms in total. The van der Waals surface area contributed by atoms with Gasteiger partial charge in [0.15, 0.2) is 0 Å². The number of aliphatic hydroxyl groups excluding tert-OH is 1. The maximum atomic E-state index is 8.70. The predicted molar refractivity (Wildman–Crippen MR) is 75.2 cm³/mol. The molecule has 0 saturated heterocycles. The van der Waals surface area contributed by atoms with Crippen molar-refractivity contribution in [2.24, 2.45) is 0 Å². The lowest BCUT2D eigenvalue weighted by Crippen LogP contribution is -2.16. The summed E-state index contributed by atoms with van der Waals surface area (Å²) in [4.78, 5) is 0. The van der Waals surface area contributed by atoms with Crippen LogP contribution in [0.1, 0.15) is 17.5 Å². The van der Waals surface area contributed by atoms with Crippen molar-refractivity contribution in [3.05, 3.63) is 35.4 Å². The molecule has 0 radical (unpaired) electrons. The van der Waals surface area contributed by atoms with Crippen molar-refractivity contribution in [3.8, 4) is 23.3 Å². The van der Waals surface area contributed by atoms with Crippen LogP contribution in [-0.4, -0.2) is 19.8 Å². The van der Waals surface area contributed by atoms with Crippen LogP contribution in [0.25, 0.3) is 0 Å². The molecular weight excluding hydrogens is 224 g/mol. The third-order valence-corrected chi connectivity index (χ3v) is 2.83. The first-order valence-corrected chi connectivity index (χ1v) is 9.25. The van der Waals surface area contributed by atoms with Gasteiger partial charge in [0.25, 0.3) is 0 Å². The van der Waals surface area contributed by atoms with Gasteiger partial charge in [0.1, 0.15) is 8.07 Å². The molecule has 17 heavy (non-hydrogen) atoms. The molecule has 0 fully saturated rings. The minimum Gasteiger partial charge on any atom is -0.395 e. The van der Waals surface area contributed by atoms with Crippen LogP contribution < -0.4 is 0 Å². The van der Waals surface area contributed by atoms with Crippen LogP contribution in [-0.2, 0) is 0 Å². The summed E-state index contributed by atoms with van der Waals surface area (Å²) in [5.74, 6) is 9.21. The van der Waals surface area contributed by atoms with E-state index >= 15 is 0 Å². The van der Waals surface area contributed by atoms with E-state index in [0.717, 1.165) is 11.1 Å². The van der Waals surface area contributed by atoms with Crippen molar-refractivity contribution in [3.63, 3.8) is 0 Å². The maximum Gasteiger partial charge on any atom is 0.129 e. The fourth-order valence-corrected chi connectivity index (χ4v) is 1.68. The molecule has 0 aromatic heterocycles. The van der Waals surface area contributed by atoms with Crippen LogP contribution >= 0.6 is 0 Å². The van der Waals surface area contributed by atoms with E-state index in [1.54, 1.807) is 0 Å². The topological polar surface area (TPSA) is 20.2 Å². The lowest BCUT2D eigenvalue weighted by Gasteiger charge is -2.03. The third kappa shape index (κ3) is 5.40. The van der Waals surface area contributed by atoms with Gasteiger partial charge < -0.3 is 5.11 Å². The van der Waals surface area contributed by atoms with E-state index in [1.165, 1.54) is 0 Å². The molecule has 0 aliphatic carbocycles. The second-order valence-electron chi connectivity index (χ2n) is 4.82. The van der Waals surface area contributed by atoms with E-state index in [9.17, 15) is 0 Å². The molecule has 1 aromatic carbocycles. The quantitative estimate of drug-likeness (QED) is 0.593. The number of benzene rings is 1. The molecule has 1 rings (SSSR count). The summed E-state index contributed by atoms with van der Waals surface area (Å²) in [5, 5.41) is 8.70. The molecule has 1 aromatic rings. The summed E-state index contributed by atoms with van der Waals surface area (Å²) in [6.07, 6.45) is 0.510. The molecule has 0 bridgehead atoms. The Morgan fingerprint density at radius 1 is 1.06 bits per heavy atom. The minimum absolute atomic E-state index is 0.107. The number of rotatable bonds is 1. The number of hydrogen-bond acceptors (Lipinski definition) is 1. The van der Waals surface area contributed by atoms with E-state index in [0.29, 0.717) is 6.42 Å². The van der Waals surface area contributed by atoms with Gasteiger partial charge >= 0.3 is 0 Å². The first kappa shape index (κ1) is 13.6. The van der Waals surface area contributed by atoms with E-state index in [-0.39, 0.29) is 6.61 Å². The van der Waals surface area contributed by atoms with Crippen molar-refractivity contribution in [1.82, 2.24) is 0 Å². The van der Waals surface area contributed by atoms with Gasteiger partial charge in [-0.25, -0.2) is 0 Å². The second kappa shape index (κ2) is 6.30. The highest BCUT2D eigenvalue weighted by Crippen LogP contribution is 2.06. The monoisotopic (exact) mass is 242 g/mol. The smallest absolute Gasteiger partial charge is 0.129 e. The highest BCUT2D eigenvalue weighted by atomic mass is 28.3. The van der Waals surface area contributed by atoms with Gasteiger partial charge in [0.05, 0.1) is 6.61 Å². The van der Waals surface area contributed by atoms with Crippen molar-refractivity contribution < 1.29 is 5.11 Å². The Hall–Kier alpha value is -1.48. The van der Waals surface area contributed by atoms with Gasteiger partial charge in [-0.15, -0.1) is 5.54 Å². The van der Waals surface area contributed by atoms with Crippen LogP contribution in [0.15, 0.2) is 24.3 Å². The summed E-state index contributed by atoms with van der Waals surface area (Å²) in [6, 6.07) is 7.91. The van der Waals surface area contributed by atoms with Gasteiger partial charge in [-0.05, 0) is 12.1 Å². The Bertz CT molecular complexity index is 489. The summed E-state index contributed by atoms with van der Waals surface area (Å²) in [5.41, 5.74) is 5.28. The summed E-state index contributed by atoms with van der Waals surface area (Å²) in [6.45, 7) is 6.77. The highest BCUT2D eigenvalue weighted by molar-refractivity contribution is 6.83. The second-order valence-corrected chi connectivity index (χ2v) is 9.57. The van der Waals surface area contributed by atoms with Gasteiger partial charge in [-0.3, -0.25) is 0 Å². The van der Waals surface area contributed by atoms with Gasteiger partial charge in [0.2, 0.25) is 0 Å². The normalized spacial score (nSPS) is 9.88. The van der Waals surface area contributed by atoms with Gasteiger partial charge in [0, 0.05) is 17.5 Å². The van der Waals surface area contributed by atoms with Crippen LogP contribution in [0, 0.1) is 23.3 Å². The molecule has 1 N–H and O–H groups in total. The molecule has 0 spiro atoms. The Morgan fingerprint density at radius 2 is 1.65 bits per heavy atom. The fourth-order valence-electron chi connectivity index (χ4n) is 1.17. The molecule has 0 atom stereocenters. The molecular formula is C15H18OSi. The van der Waals surface area contributed by atoms with E-state index < -0.39 is 8.07 Å². The van der Waals surface area contributed by atoms with Crippen molar-refractivity contribution >= 4 is 8.07 Å². The fraction of sp³-hybridized carbons (Fsp3) is 0.333. The van der Waals surface area contributed by atoms with Crippen molar-refractivity contribution in [2.75, 3.05) is 6.61 Å². The molecule has 0 amide bonds. The molecule has 0 aliphatic heterocycles. The Morgan fingerprint density at radius 3 is 2.18 bits per heavy atom. The van der Waals surface area contributed by atoms with E-state index in [1.807, 2.05) is 24.3 Å². The number of hydrogen-bond donors (Lipinski definition) is 1. The lowest BCUT2D eigenvalue weighted by atomic mass is 10.1. The molecule has 2 heteroatoms. The molecule has 0 unspecified atom stereocenters. The van der Waals surface area contributed by atoms with E-state index in [2.05, 4.69) is 42.9 Å². The molecule has 0 saturated carbocycles. The van der Waals surface area contributed by atoms with Crippen LogP contribution in [0.2, 0.25) is 19.6 Å². The number of aliphatic hydroxyl groups is 1. The predicted octanol–water partition coefficient (Wildman–Crippen LogP) is 2.65. The molecule has 0 aliphatic rings. The Labute approximate surface area is 105 Å². The van der Waals surface area contributed by atoms with Crippen molar-refractivity contribution in [2.45, 2.75) is 26.1 Å². The summed E-state index contributed by atoms with van der Waals surface area (Å²) >= 11 is 0. The largest absolute Gasteiger partial charge is 0.395 e. The zero-order valence-corrected chi connectivity index (χ0v) is 11.7. The van der Waals surface area contributed by atoms with Gasteiger partial charge in [-0.2, -0.15) is 0 Å². The maximum absolute atomic E-state index is 8.70. The average Bonchev–Trinajstić information content (AvgIpc) is 2.27. The molecule has 0 heterocycles. The zero-order chi connectivity index (χ0) is 12.7.